The first kappa shape index (κ1) is 15.9. The van der Waals surface area contributed by atoms with E-state index in [1.807, 2.05) is 18.7 Å². The molecule has 6 nitrogen and oxygen atoms in total. The van der Waals surface area contributed by atoms with Gasteiger partial charge in [0.05, 0.1) is 18.2 Å². The maximum atomic E-state index is 9.87. The topological polar surface area (TPSA) is 74.4 Å². The number of aliphatic hydroxyl groups is 1. The van der Waals surface area contributed by atoms with Crippen molar-refractivity contribution in [1.82, 2.24) is 15.5 Å². The lowest BCUT2D eigenvalue weighted by Gasteiger charge is -2.26. The normalized spacial score (nSPS) is 13.6. The van der Waals surface area contributed by atoms with Crippen molar-refractivity contribution in [3.63, 3.8) is 0 Å². The molecule has 19 heavy (non-hydrogen) atoms. The van der Waals surface area contributed by atoms with Crippen LogP contribution in [0.5, 0.6) is 0 Å². The van der Waals surface area contributed by atoms with Crippen LogP contribution in [0, 0.1) is 0 Å². The van der Waals surface area contributed by atoms with Gasteiger partial charge in [-0.25, -0.2) is 0 Å². The number of hydrogen-bond donors (Lipinski definition) is 2. The molecule has 0 aliphatic rings. The Bertz CT molecular complexity index is 373. The Kier molecular flexibility index (Phi) is 5.75. The molecule has 0 bridgehead atoms. The molecule has 0 spiro atoms. The first-order valence-electron chi connectivity index (χ1n) is 6.91. The van der Waals surface area contributed by atoms with Gasteiger partial charge in [0.15, 0.2) is 0 Å². The van der Waals surface area contributed by atoms with Gasteiger partial charge in [-0.1, -0.05) is 12.0 Å². The third-order valence-electron chi connectivity index (χ3n) is 2.73. The predicted molar refractivity (Wildman–Crippen MR) is 75.2 cm³/mol. The lowest BCUT2D eigenvalue weighted by molar-refractivity contribution is 0.0863. The maximum Gasteiger partial charge on any atom is 0.318 e. The summed E-state index contributed by atoms with van der Waals surface area (Å²) >= 11 is 0. The molecule has 1 rings (SSSR count). The molecule has 1 aromatic heterocycles. The van der Waals surface area contributed by atoms with Crippen LogP contribution >= 0.6 is 0 Å². The molecule has 1 aromatic rings. The van der Waals surface area contributed by atoms with Crippen molar-refractivity contribution in [2.45, 2.75) is 52.7 Å². The Morgan fingerprint density at radius 3 is 2.58 bits per heavy atom. The molecular formula is C13H26N4O2. The quantitative estimate of drug-likeness (QED) is 0.749. The minimum Gasteiger partial charge on any atom is -0.406 e. The summed E-state index contributed by atoms with van der Waals surface area (Å²) in [7, 11) is 0. The third kappa shape index (κ3) is 5.16. The number of rotatable bonds is 8. The van der Waals surface area contributed by atoms with Crippen molar-refractivity contribution in [3.05, 3.63) is 5.89 Å². The number of aromatic nitrogens is 2. The summed E-state index contributed by atoms with van der Waals surface area (Å²) < 4.78 is 5.67. The van der Waals surface area contributed by atoms with Crippen LogP contribution in [-0.4, -0.2) is 40.5 Å². The molecule has 0 saturated carbocycles. The second-order valence-corrected chi connectivity index (χ2v) is 5.43. The molecule has 6 heteroatoms. The van der Waals surface area contributed by atoms with E-state index in [9.17, 15) is 5.11 Å². The SMILES string of the molecule is CCCNC(C)c1nnc(N(CC)CC(C)(C)O)o1. The molecule has 1 heterocycles. The third-order valence-corrected chi connectivity index (χ3v) is 2.73. The van der Waals surface area contributed by atoms with Crippen LogP contribution in [0.3, 0.4) is 0 Å². The molecule has 110 valence electrons. The molecular weight excluding hydrogens is 244 g/mol. The largest absolute Gasteiger partial charge is 0.406 e. The standard InChI is InChI=1S/C13H26N4O2/c1-6-8-14-10(3)11-15-16-12(19-11)17(7-2)9-13(4,5)18/h10,14,18H,6-9H2,1-5H3. The van der Waals surface area contributed by atoms with Gasteiger partial charge in [-0.3, -0.25) is 0 Å². The molecule has 0 fully saturated rings. The smallest absolute Gasteiger partial charge is 0.318 e. The summed E-state index contributed by atoms with van der Waals surface area (Å²) in [4.78, 5) is 1.88. The van der Waals surface area contributed by atoms with Gasteiger partial charge in [0.2, 0.25) is 5.89 Å². The van der Waals surface area contributed by atoms with Gasteiger partial charge in [0.25, 0.3) is 0 Å². The van der Waals surface area contributed by atoms with Crippen LogP contribution in [0.1, 0.15) is 53.0 Å². The highest BCUT2D eigenvalue weighted by atomic mass is 16.4. The van der Waals surface area contributed by atoms with E-state index in [1.165, 1.54) is 0 Å². The molecule has 0 aromatic carbocycles. The average molecular weight is 270 g/mol. The lowest BCUT2D eigenvalue weighted by atomic mass is 10.1. The first-order valence-corrected chi connectivity index (χ1v) is 6.91. The predicted octanol–water partition coefficient (Wildman–Crippen LogP) is 1.73. The Morgan fingerprint density at radius 2 is 2.05 bits per heavy atom. The average Bonchev–Trinajstić information content (AvgIpc) is 2.81. The van der Waals surface area contributed by atoms with Gasteiger partial charge in [-0.05, 0) is 40.7 Å². The van der Waals surface area contributed by atoms with Crippen molar-refractivity contribution in [2.75, 3.05) is 24.5 Å². The molecule has 1 unspecified atom stereocenters. The maximum absolute atomic E-state index is 9.87. The van der Waals surface area contributed by atoms with Crippen molar-refractivity contribution in [3.8, 4) is 0 Å². The Balaban J connectivity index is 2.71. The van der Waals surface area contributed by atoms with Gasteiger partial charge in [-0.2, -0.15) is 0 Å². The molecule has 1 atom stereocenters. The number of nitrogens with one attached hydrogen (secondary N) is 1. The van der Waals surface area contributed by atoms with E-state index in [0.29, 0.717) is 25.0 Å². The molecule has 0 amide bonds. The molecule has 2 N–H and O–H groups in total. The fourth-order valence-corrected chi connectivity index (χ4v) is 1.76. The van der Waals surface area contributed by atoms with Crippen LogP contribution in [-0.2, 0) is 0 Å². The first-order chi connectivity index (χ1) is 8.87. The van der Waals surface area contributed by atoms with Crippen LogP contribution < -0.4 is 10.2 Å². The van der Waals surface area contributed by atoms with Gasteiger partial charge in [0.1, 0.15) is 0 Å². The minimum absolute atomic E-state index is 0.0436. The van der Waals surface area contributed by atoms with E-state index in [0.717, 1.165) is 13.0 Å². The van der Waals surface area contributed by atoms with Crippen molar-refractivity contribution in [1.29, 1.82) is 0 Å². The fraction of sp³-hybridized carbons (Fsp3) is 0.846. The zero-order valence-electron chi connectivity index (χ0n) is 12.6. The zero-order valence-corrected chi connectivity index (χ0v) is 12.6. The highest BCUT2D eigenvalue weighted by molar-refractivity contribution is 5.24. The molecule has 0 radical (unpaired) electrons. The van der Waals surface area contributed by atoms with Crippen LogP contribution in [0.15, 0.2) is 4.42 Å². The van der Waals surface area contributed by atoms with Gasteiger partial charge >= 0.3 is 6.01 Å². The van der Waals surface area contributed by atoms with E-state index in [-0.39, 0.29) is 6.04 Å². The summed E-state index contributed by atoms with van der Waals surface area (Å²) in [6.07, 6.45) is 1.06. The zero-order chi connectivity index (χ0) is 14.5. The van der Waals surface area contributed by atoms with Gasteiger partial charge in [-0.15, -0.1) is 5.10 Å². The van der Waals surface area contributed by atoms with Crippen LogP contribution in [0.4, 0.5) is 6.01 Å². The Labute approximate surface area is 115 Å². The van der Waals surface area contributed by atoms with Gasteiger partial charge < -0.3 is 19.7 Å². The van der Waals surface area contributed by atoms with E-state index in [4.69, 9.17) is 4.42 Å². The number of likely N-dealkylation sites (N-methyl/N-ethyl adjacent to an activating group) is 1. The van der Waals surface area contributed by atoms with Gasteiger partial charge in [0, 0.05) is 6.54 Å². The van der Waals surface area contributed by atoms with Crippen molar-refractivity contribution < 1.29 is 9.52 Å². The summed E-state index contributed by atoms with van der Waals surface area (Å²) in [6, 6.07) is 0.506. The number of nitrogens with zero attached hydrogens (tertiary/aromatic N) is 3. The van der Waals surface area contributed by atoms with Crippen LogP contribution in [0.2, 0.25) is 0 Å². The molecule has 0 aliphatic carbocycles. The number of hydrogen-bond acceptors (Lipinski definition) is 6. The fourth-order valence-electron chi connectivity index (χ4n) is 1.76. The Hall–Kier alpha value is -1.14. The van der Waals surface area contributed by atoms with Crippen molar-refractivity contribution >= 4 is 6.01 Å². The summed E-state index contributed by atoms with van der Waals surface area (Å²) in [6.45, 7) is 11.7. The monoisotopic (exact) mass is 270 g/mol. The highest BCUT2D eigenvalue weighted by Crippen LogP contribution is 2.19. The van der Waals surface area contributed by atoms with Crippen LogP contribution in [0.25, 0.3) is 0 Å². The molecule has 0 aliphatic heterocycles. The van der Waals surface area contributed by atoms with E-state index < -0.39 is 5.60 Å². The van der Waals surface area contributed by atoms with Crippen molar-refractivity contribution in [2.24, 2.45) is 0 Å². The second kappa shape index (κ2) is 6.86. The number of anilines is 1. The van der Waals surface area contributed by atoms with E-state index in [1.54, 1.807) is 13.8 Å². The Morgan fingerprint density at radius 1 is 1.37 bits per heavy atom. The molecule has 0 saturated heterocycles. The second-order valence-electron chi connectivity index (χ2n) is 5.43. The lowest BCUT2D eigenvalue weighted by Crippen LogP contribution is -2.38. The highest BCUT2D eigenvalue weighted by Gasteiger charge is 2.22. The minimum atomic E-state index is -0.795. The van der Waals surface area contributed by atoms with E-state index in [2.05, 4.69) is 22.4 Å². The summed E-state index contributed by atoms with van der Waals surface area (Å²) in [5, 5.41) is 21.3. The summed E-state index contributed by atoms with van der Waals surface area (Å²) in [5.41, 5.74) is -0.795. The summed E-state index contributed by atoms with van der Waals surface area (Å²) in [5.74, 6) is 0.581. The van der Waals surface area contributed by atoms with E-state index >= 15 is 0 Å².